The number of carbonyl (C=O) groups is 2. The van der Waals surface area contributed by atoms with Gasteiger partial charge in [0.05, 0.1) is 10.6 Å². The molecule has 0 aromatic heterocycles. The first kappa shape index (κ1) is 23.9. The largest absolute Gasteiger partial charge is 0.452 e. The molecule has 2 aromatic rings. The number of ether oxygens (including phenoxy) is 1. The molecular weight excluding hydrogens is 424 g/mol. The smallest absolute Gasteiger partial charge is 0.317 e. The zero-order valence-corrected chi connectivity index (χ0v) is 19.0. The molecule has 1 atom stereocenters. The molecule has 9 heteroatoms. The molecule has 0 aliphatic heterocycles. The van der Waals surface area contributed by atoms with E-state index < -0.39 is 28.0 Å². The first-order chi connectivity index (χ1) is 14.1. The average Bonchev–Trinajstić information content (AvgIpc) is 2.66. The maximum absolute atomic E-state index is 12.3. The Balaban J connectivity index is 1.87. The molecule has 2 aromatic carbocycles. The second-order valence-electron chi connectivity index (χ2n) is 6.98. The molecule has 1 unspecified atom stereocenters. The van der Waals surface area contributed by atoms with E-state index in [4.69, 9.17) is 4.74 Å². The molecule has 2 rings (SSSR count). The van der Waals surface area contributed by atoms with Crippen LogP contribution < -0.4 is 10.0 Å². The molecule has 162 valence electrons. The number of aryl methyl sites for hydroxylation is 1. The van der Waals surface area contributed by atoms with Gasteiger partial charge in [0.1, 0.15) is 0 Å². The second-order valence-corrected chi connectivity index (χ2v) is 9.71. The fourth-order valence-electron chi connectivity index (χ4n) is 2.48. The van der Waals surface area contributed by atoms with Crippen LogP contribution in [0, 0.1) is 6.92 Å². The quantitative estimate of drug-likeness (QED) is 0.449. The summed E-state index contributed by atoms with van der Waals surface area (Å²) >= 11 is 1.35. The number of rotatable bonds is 9. The van der Waals surface area contributed by atoms with E-state index in [0.717, 1.165) is 10.5 Å². The highest BCUT2D eigenvalue weighted by atomic mass is 32.2. The van der Waals surface area contributed by atoms with Gasteiger partial charge in [-0.15, -0.1) is 11.8 Å². The van der Waals surface area contributed by atoms with Crippen LogP contribution in [0.25, 0.3) is 0 Å². The summed E-state index contributed by atoms with van der Waals surface area (Å²) in [7, 11) is -3.60. The summed E-state index contributed by atoms with van der Waals surface area (Å²) in [6.45, 7) is 6.90. The number of hydrogen-bond acceptors (Lipinski definition) is 6. The summed E-state index contributed by atoms with van der Waals surface area (Å²) in [5.74, 6) is -0.898. The number of hydrogen-bond donors (Lipinski definition) is 2. The van der Waals surface area contributed by atoms with Crippen molar-refractivity contribution in [1.29, 1.82) is 0 Å². The highest BCUT2D eigenvalue weighted by molar-refractivity contribution is 8.00. The number of sulfonamides is 1. The Labute approximate surface area is 181 Å². The minimum Gasteiger partial charge on any atom is -0.452 e. The van der Waals surface area contributed by atoms with Crippen molar-refractivity contribution in [2.75, 3.05) is 11.1 Å². The Morgan fingerprint density at radius 3 is 2.27 bits per heavy atom. The minimum atomic E-state index is -3.60. The predicted octanol–water partition coefficient (Wildman–Crippen LogP) is 3.34. The zero-order chi connectivity index (χ0) is 22.3. The lowest BCUT2D eigenvalue weighted by Gasteiger charge is -2.14. The molecule has 0 aliphatic rings. The van der Waals surface area contributed by atoms with Crippen molar-refractivity contribution in [1.82, 2.24) is 4.72 Å². The molecule has 0 radical (unpaired) electrons. The van der Waals surface area contributed by atoms with Gasteiger partial charge in [-0.1, -0.05) is 18.2 Å². The standard InChI is InChI=1S/C21H26N2O5S2/c1-14(2)23-30(26,27)18-11-9-17(10-12-18)22-21(25)16(4)28-20(24)13-29-19-8-6-5-7-15(19)3/h5-12,14,16,23H,13H2,1-4H3,(H,22,25). The van der Waals surface area contributed by atoms with Gasteiger partial charge in [0, 0.05) is 16.6 Å². The number of benzene rings is 2. The van der Waals surface area contributed by atoms with E-state index in [1.54, 1.807) is 13.8 Å². The van der Waals surface area contributed by atoms with Gasteiger partial charge in [-0.2, -0.15) is 0 Å². The SMILES string of the molecule is Cc1ccccc1SCC(=O)OC(C)C(=O)Nc1ccc(S(=O)(=O)NC(C)C)cc1. The lowest BCUT2D eigenvalue weighted by Crippen LogP contribution is -2.31. The number of carbonyl (C=O) groups excluding carboxylic acids is 2. The summed E-state index contributed by atoms with van der Waals surface area (Å²) < 4.78 is 31.9. The van der Waals surface area contributed by atoms with Gasteiger partial charge in [0.2, 0.25) is 10.0 Å². The molecule has 2 N–H and O–H groups in total. The van der Waals surface area contributed by atoms with Gasteiger partial charge in [0.25, 0.3) is 5.91 Å². The lowest BCUT2D eigenvalue weighted by molar-refractivity contribution is -0.150. The van der Waals surface area contributed by atoms with Crippen LogP contribution >= 0.6 is 11.8 Å². The fourth-order valence-corrected chi connectivity index (χ4v) is 4.54. The summed E-state index contributed by atoms with van der Waals surface area (Å²) in [6, 6.07) is 13.2. The molecule has 0 heterocycles. The Hall–Kier alpha value is -2.36. The number of amides is 1. The van der Waals surface area contributed by atoms with Gasteiger partial charge in [0.15, 0.2) is 6.10 Å². The maximum Gasteiger partial charge on any atom is 0.317 e. The minimum absolute atomic E-state index is 0.0951. The fraction of sp³-hybridized carbons (Fsp3) is 0.333. The molecule has 0 saturated carbocycles. The Bertz CT molecular complexity index is 989. The van der Waals surface area contributed by atoms with E-state index in [1.165, 1.54) is 43.0 Å². The third kappa shape index (κ3) is 7.16. The molecular formula is C21H26N2O5S2. The Morgan fingerprint density at radius 2 is 1.67 bits per heavy atom. The van der Waals surface area contributed by atoms with Crippen molar-refractivity contribution in [3.8, 4) is 0 Å². The predicted molar refractivity (Wildman–Crippen MR) is 118 cm³/mol. The number of thioether (sulfide) groups is 1. The highest BCUT2D eigenvalue weighted by Crippen LogP contribution is 2.22. The van der Waals surface area contributed by atoms with Crippen LogP contribution in [-0.2, 0) is 24.3 Å². The van der Waals surface area contributed by atoms with Gasteiger partial charge in [-0.25, -0.2) is 13.1 Å². The molecule has 7 nitrogen and oxygen atoms in total. The zero-order valence-electron chi connectivity index (χ0n) is 17.3. The topological polar surface area (TPSA) is 102 Å². The number of nitrogens with one attached hydrogen (secondary N) is 2. The van der Waals surface area contributed by atoms with Crippen LogP contribution in [0.5, 0.6) is 0 Å². The van der Waals surface area contributed by atoms with E-state index in [2.05, 4.69) is 10.0 Å². The molecule has 0 saturated heterocycles. The van der Waals surface area contributed by atoms with Crippen molar-refractivity contribution < 1.29 is 22.7 Å². The summed E-state index contributed by atoms with van der Waals surface area (Å²) in [6.07, 6.45) is -0.985. The number of anilines is 1. The third-order valence-corrected chi connectivity index (χ3v) is 6.76. The summed E-state index contributed by atoms with van der Waals surface area (Å²) in [4.78, 5) is 25.4. The second kappa shape index (κ2) is 10.6. The Morgan fingerprint density at radius 1 is 1.03 bits per heavy atom. The van der Waals surface area contributed by atoms with Gasteiger partial charge in [-0.3, -0.25) is 9.59 Å². The molecule has 0 aliphatic carbocycles. The van der Waals surface area contributed by atoms with E-state index >= 15 is 0 Å². The van der Waals surface area contributed by atoms with Crippen LogP contribution in [0.15, 0.2) is 58.3 Å². The van der Waals surface area contributed by atoms with Crippen molar-refractivity contribution in [2.24, 2.45) is 0 Å². The normalized spacial score (nSPS) is 12.4. The van der Waals surface area contributed by atoms with Gasteiger partial charge in [-0.05, 0) is 63.6 Å². The summed E-state index contributed by atoms with van der Waals surface area (Å²) in [5, 5.41) is 2.61. The van der Waals surface area contributed by atoms with Crippen LogP contribution in [0.4, 0.5) is 5.69 Å². The van der Waals surface area contributed by atoms with Crippen LogP contribution in [0.3, 0.4) is 0 Å². The van der Waals surface area contributed by atoms with Crippen LogP contribution in [0.2, 0.25) is 0 Å². The lowest BCUT2D eigenvalue weighted by atomic mass is 10.2. The highest BCUT2D eigenvalue weighted by Gasteiger charge is 2.19. The summed E-state index contributed by atoms with van der Waals surface area (Å²) in [5.41, 5.74) is 1.47. The van der Waals surface area contributed by atoms with Crippen LogP contribution in [-0.4, -0.2) is 38.2 Å². The molecule has 0 fully saturated rings. The van der Waals surface area contributed by atoms with Crippen LogP contribution in [0.1, 0.15) is 26.3 Å². The van der Waals surface area contributed by atoms with E-state index in [0.29, 0.717) is 5.69 Å². The first-order valence-electron chi connectivity index (χ1n) is 9.39. The monoisotopic (exact) mass is 450 g/mol. The van der Waals surface area contributed by atoms with E-state index in [9.17, 15) is 18.0 Å². The average molecular weight is 451 g/mol. The van der Waals surface area contributed by atoms with Crippen molar-refractivity contribution in [3.05, 3.63) is 54.1 Å². The number of esters is 1. The van der Waals surface area contributed by atoms with Crippen molar-refractivity contribution in [2.45, 2.75) is 49.6 Å². The molecule has 0 spiro atoms. The molecule has 30 heavy (non-hydrogen) atoms. The van der Waals surface area contributed by atoms with E-state index in [1.807, 2.05) is 31.2 Å². The first-order valence-corrected chi connectivity index (χ1v) is 11.9. The van der Waals surface area contributed by atoms with Gasteiger partial charge < -0.3 is 10.1 Å². The van der Waals surface area contributed by atoms with Crippen molar-refractivity contribution >= 4 is 39.3 Å². The third-order valence-electron chi connectivity index (χ3n) is 3.94. The molecule has 1 amide bonds. The van der Waals surface area contributed by atoms with E-state index in [-0.39, 0.29) is 16.7 Å². The molecule has 0 bridgehead atoms. The Kier molecular flexibility index (Phi) is 8.45. The van der Waals surface area contributed by atoms with Gasteiger partial charge >= 0.3 is 5.97 Å². The van der Waals surface area contributed by atoms with Crippen molar-refractivity contribution in [3.63, 3.8) is 0 Å². The maximum atomic E-state index is 12.3.